The summed E-state index contributed by atoms with van der Waals surface area (Å²) in [5.74, 6) is 0.170. The van der Waals surface area contributed by atoms with Crippen molar-refractivity contribution in [3.8, 4) is 11.3 Å². The molecule has 6 heteroatoms. The van der Waals surface area contributed by atoms with Crippen LogP contribution in [0, 0.1) is 0 Å². The van der Waals surface area contributed by atoms with Gasteiger partial charge in [-0.05, 0) is 29.8 Å². The fraction of sp³-hybridized carbons (Fsp3) is 0. The summed E-state index contributed by atoms with van der Waals surface area (Å²) in [5, 5.41) is 10.2. The lowest BCUT2D eigenvalue weighted by Crippen LogP contribution is -2.07. The first kappa shape index (κ1) is 15.0. The van der Waals surface area contributed by atoms with Gasteiger partial charge in [-0.3, -0.25) is 14.9 Å². The molecule has 3 rings (SSSR count). The fourth-order valence-electron chi connectivity index (χ4n) is 2.01. The van der Waals surface area contributed by atoms with E-state index in [1.54, 1.807) is 30.6 Å². The third-order valence-electron chi connectivity index (χ3n) is 3.14. The van der Waals surface area contributed by atoms with Crippen LogP contribution in [-0.2, 0) is 4.79 Å². The Bertz CT molecular complexity index is 843. The van der Waals surface area contributed by atoms with E-state index in [4.69, 9.17) is 11.6 Å². The van der Waals surface area contributed by atoms with Crippen molar-refractivity contribution < 1.29 is 4.79 Å². The summed E-state index contributed by atoms with van der Waals surface area (Å²) >= 11 is 6.03. The number of anilines is 1. The number of nitrogens with one attached hydrogen (secondary N) is 2. The van der Waals surface area contributed by atoms with Crippen molar-refractivity contribution in [1.29, 1.82) is 0 Å². The van der Waals surface area contributed by atoms with E-state index >= 15 is 0 Å². The van der Waals surface area contributed by atoms with Crippen LogP contribution >= 0.6 is 11.6 Å². The van der Waals surface area contributed by atoms with E-state index in [-0.39, 0.29) is 5.91 Å². The Morgan fingerprint density at radius 1 is 1.17 bits per heavy atom. The molecular formula is C17H13ClN4O. The Balaban J connectivity index is 1.67. The Morgan fingerprint density at radius 2 is 1.96 bits per heavy atom. The highest BCUT2D eigenvalue weighted by molar-refractivity contribution is 6.32. The van der Waals surface area contributed by atoms with Crippen LogP contribution in [0.3, 0.4) is 0 Å². The molecular weight excluding hydrogens is 312 g/mol. The molecule has 2 heterocycles. The number of carbonyl (C=O) groups is 1. The molecule has 1 amide bonds. The zero-order valence-electron chi connectivity index (χ0n) is 12.0. The minimum Gasteiger partial charge on any atom is -0.306 e. The summed E-state index contributed by atoms with van der Waals surface area (Å²) < 4.78 is 0. The van der Waals surface area contributed by atoms with Crippen LogP contribution in [0.5, 0.6) is 0 Å². The van der Waals surface area contributed by atoms with Gasteiger partial charge >= 0.3 is 0 Å². The fourth-order valence-corrected chi connectivity index (χ4v) is 2.21. The van der Waals surface area contributed by atoms with E-state index in [1.165, 1.54) is 6.08 Å². The second-order valence-corrected chi connectivity index (χ2v) is 5.15. The SMILES string of the molecule is O=C(/C=C/c1ccccc1Cl)Nc1cc(-c2ccncc2)[nH]n1. The van der Waals surface area contributed by atoms with Crippen molar-refractivity contribution in [3.63, 3.8) is 0 Å². The Labute approximate surface area is 138 Å². The smallest absolute Gasteiger partial charge is 0.249 e. The van der Waals surface area contributed by atoms with Crippen molar-refractivity contribution in [2.24, 2.45) is 0 Å². The first-order valence-electron chi connectivity index (χ1n) is 6.92. The average molecular weight is 325 g/mol. The molecule has 0 radical (unpaired) electrons. The summed E-state index contributed by atoms with van der Waals surface area (Å²) in [6.45, 7) is 0. The van der Waals surface area contributed by atoms with Gasteiger partial charge in [0.25, 0.3) is 0 Å². The van der Waals surface area contributed by atoms with E-state index in [0.29, 0.717) is 10.8 Å². The lowest BCUT2D eigenvalue weighted by Gasteiger charge is -1.98. The van der Waals surface area contributed by atoms with Crippen LogP contribution in [0.2, 0.25) is 5.02 Å². The Kier molecular flexibility index (Phi) is 4.49. The molecule has 0 aliphatic carbocycles. The molecule has 2 N–H and O–H groups in total. The number of hydrogen-bond donors (Lipinski definition) is 2. The maximum atomic E-state index is 11.9. The van der Waals surface area contributed by atoms with Crippen LogP contribution in [0.15, 0.2) is 60.9 Å². The number of rotatable bonds is 4. The molecule has 2 aromatic heterocycles. The number of benzene rings is 1. The van der Waals surface area contributed by atoms with Crippen LogP contribution in [-0.4, -0.2) is 21.1 Å². The molecule has 0 saturated heterocycles. The van der Waals surface area contributed by atoms with Crippen LogP contribution in [0.1, 0.15) is 5.56 Å². The van der Waals surface area contributed by atoms with Crippen molar-refractivity contribution in [3.05, 3.63) is 71.5 Å². The van der Waals surface area contributed by atoms with Gasteiger partial charge in [-0.1, -0.05) is 29.8 Å². The van der Waals surface area contributed by atoms with Gasteiger partial charge in [-0.25, -0.2) is 0 Å². The number of pyridine rings is 1. The second kappa shape index (κ2) is 6.89. The van der Waals surface area contributed by atoms with Gasteiger partial charge in [0.15, 0.2) is 5.82 Å². The van der Waals surface area contributed by atoms with Crippen molar-refractivity contribution in [2.45, 2.75) is 0 Å². The standard InChI is InChI=1S/C17H13ClN4O/c18-14-4-2-1-3-12(14)5-6-17(23)20-16-11-15(21-22-16)13-7-9-19-10-8-13/h1-11H,(H2,20,21,22,23)/b6-5+. The zero-order chi connectivity index (χ0) is 16.1. The Morgan fingerprint density at radius 3 is 2.74 bits per heavy atom. The molecule has 1 aromatic carbocycles. The van der Waals surface area contributed by atoms with Crippen LogP contribution in [0.25, 0.3) is 17.3 Å². The minimum atomic E-state index is -0.280. The molecule has 114 valence electrons. The van der Waals surface area contributed by atoms with Gasteiger partial charge < -0.3 is 5.32 Å². The molecule has 0 spiro atoms. The van der Waals surface area contributed by atoms with E-state index in [2.05, 4.69) is 20.5 Å². The van der Waals surface area contributed by atoms with E-state index in [1.807, 2.05) is 30.3 Å². The third kappa shape index (κ3) is 3.84. The molecule has 5 nitrogen and oxygen atoms in total. The van der Waals surface area contributed by atoms with Crippen LogP contribution < -0.4 is 5.32 Å². The van der Waals surface area contributed by atoms with E-state index < -0.39 is 0 Å². The molecule has 3 aromatic rings. The lowest BCUT2D eigenvalue weighted by molar-refractivity contribution is -0.111. The molecule has 0 fully saturated rings. The third-order valence-corrected chi connectivity index (χ3v) is 3.48. The number of nitrogens with zero attached hydrogens (tertiary/aromatic N) is 2. The summed E-state index contributed by atoms with van der Waals surface area (Å²) in [4.78, 5) is 15.9. The minimum absolute atomic E-state index is 0.280. The molecule has 0 bridgehead atoms. The van der Waals surface area contributed by atoms with Gasteiger partial charge in [-0.15, -0.1) is 0 Å². The molecule has 23 heavy (non-hydrogen) atoms. The summed E-state index contributed by atoms with van der Waals surface area (Å²) in [6.07, 6.45) is 6.47. The van der Waals surface area contributed by atoms with Crippen LogP contribution in [0.4, 0.5) is 5.82 Å². The topological polar surface area (TPSA) is 70.7 Å². The normalized spacial score (nSPS) is 10.8. The molecule has 0 aliphatic heterocycles. The number of carbonyl (C=O) groups excluding carboxylic acids is 1. The first-order valence-corrected chi connectivity index (χ1v) is 7.29. The molecule has 0 aliphatic rings. The van der Waals surface area contributed by atoms with Crippen molar-refractivity contribution >= 4 is 29.4 Å². The van der Waals surface area contributed by atoms with Crippen molar-refractivity contribution in [1.82, 2.24) is 15.2 Å². The largest absolute Gasteiger partial charge is 0.306 e. The quantitative estimate of drug-likeness (QED) is 0.717. The maximum Gasteiger partial charge on any atom is 0.249 e. The summed E-state index contributed by atoms with van der Waals surface area (Å²) in [5.41, 5.74) is 2.53. The predicted octanol–water partition coefficient (Wildman–Crippen LogP) is 3.78. The lowest BCUT2D eigenvalue weighted by atomic mass is 10.2. The number of amides is 1. The maximum absolute atomic E-state index is 11.9. The first-order chi connectivity index (χ1) is 11.2. The average Bonchev–Trinajstić information content (AvgIpc) is 3.03. The predicted molar refractivity (Wildman–Crippen MR) is 90.9 cm³/mol. The van der Waals surface area contributed by atoms with E-state index in [9.17, 15) is 4.79 Å². The van der Waals surface area contributed by atoms with Gasteiger partial charge in [0.1, 0.15) is 0 Å². The second-order valence-electron chi connectivity index (χ2n) is 4.75. The molecule has 0 unspecified atom stereocenters. The highest BCUT2D eigenvalue weighted by Crippen LogP contribution is 2.19. The Hall–Kier alpha value is -2.92. The number of aromatic amines is 1. The number of aromatic nitrogens is 3. The number of hydrogen-bond acceptors (Lipinski definition) is 3. The summed E-state index contributed by atoms with van der Waals surface area (Å²) in [6, 6.07) is 12.8. The highest BCUT2D eigenvalue weighted by atomic mass is 35.5. The van der Waals surface area contributed by atoms with E-state index in [0.717, 1.165) is 16.8 Å². The van der Waals surface area contributed by atoms with Gasteiger partial charge in [-0.2, -0.15) is 5.10 Å². The van der Waals surface area contributed by atoms with Gasteiger partial charge in [0, 0.05) is 35.1 Å². The van der Waals surface area contributed by atoms with Crippen molar-refractivity contribution in [2.75, 3.05) is 5.32 Å². The van der Waals surface area contributed by atoms with Gasteiger partial charge in [0.05, 0.1) is 5.69 Å². The number of halogens is 1. The molecule has 0 atom stereocenters. The monoisotopic (exact) mass is 324 g/mol. The highest BCUT2D eigenvalue weighted by Gasteiger charge is 2.05. The molecule has 0 saturated carbocycles. The van der Waals surface area contributed by atoms with Gasteiger partial charge in [0.2, 0.25) is 5.91 Å². The zero-order valence-corrected chi connectivity index (χ0v) is 12.8. The summed E-state index contributed by atoms with van der Waals surface area (Å²) in [7, 11) is 0. The number of H-pyrrole nitrogens is 1.